The average Bonchev–Trinajstić information content (AvgIpc) is 3.34. The third kappa shape index (κ3) is 8.62. The highest BCUT2D eigenvalue weighted by atomic mass is 79.9. The quantitative estimate of drug-likeness (QED) is 0.178. The minimum atomic E-state index is -4.59. The lowest BCUT2D eigenvalue weighted by molar-refractivity contribution is -0.137. The third-order valence-electron chi connectivity index (χ3n) is 5.31. The second-order valence-corrected chi connectivity index (χ2v) is 11.0. The van der Waals surface area contributed by atoms with Gasteiger partial charge in [-0.15, -0.1) is 10.2 Å². The fourth-order valence-electron chi connectivity index (χ4n) is 3.38. The molecule has 1 aromatic heterocycles. The first-order valence-corrected chi connectivity index (χ1v) is 14.2. The van der Waals surface area contributed by atoms with Gasteiger partial charge in [-0.25, -0.2) is 0 Å². The summed E-state index contributed by atoms with van der Waals surface area (Å²) in [7, 11) is 0. The fraction of sp³-hybridized carbons (Fsp3) is 0.154. The number of carbonyl (C=O) groups is 2. The van der Waals surface area contributed by atoms with Crippen molar-refractivity contribution in [1.82, 2.24) is 20.1 Å². The number of amides is 2. The Balaban J connectivity index is 1.43. The summed E-state index contributed by atoms with van der Waals surface area (Å²) in [6, 6.07) is 16.4. The van der Waals surface area contributed by atoms with E-state index in [-0.39, 0.29) is 29.6 Å². The first-order valence-electron chi connectivity index (χ1n) is 11.6. The molecule has 15 heteroatoms. The number of hydrogen-bond donors (Lipinski definition) is 2. The molecule has 4 aromatic rings. The van der Waals surface area contributed by atoms with Crippen LogP contribution in [0.5, 0.6) is 5.75 Å². The second-order valence-electron chi connectivity index (χ2n) is 8.26. The van der Waals surface area contributed by atoms with Crippen LogP contribution in [0.15, 0.2) is 76.4 Å². The Kier molecular flexibility index (Phi) is 10.2. The van der Waals surface area contributed by atoms with Gasteiger partial charge in [0.25, 0.3) is 5.91 Å². The molecule has 0 radical (unpaired) electrons. The van der Waals surface area contributed by atoms with E-state index in [0.717, 1.165) is 34.4 Å². The Bertz CT molecular complexity index is 1540. The number of aromatic nitrogens is 3. The van der Waals surface area contributed by atoms with Crippen molar-refractivity contribution < 1.29 is 27.5 Å². The van der Waals surface area contributed by atoms with Gasteiger partial charge in [-0.2, -0.15) is 13.2 Å². The standard InChI is InChI=1S/C26H19BrCl2F3N5O3S/c27-16-2-6-18(7-3-16)37-22(12-33-23(38)13-40-19-8-4-17(28)5-9-19)35-36-25(37)41-14-24(39)34-21-11-15(26(30,31)32)1-10-20(21)29/h1-11H,12-14H2,(H,33,38)(H,34,39). The van der Waals surface area contributed by atoms with Gasteiger partial charge >= 0.3 is 6.18 Å². The number of ether oxygens (including phenoxy) is 1. The highest BCUT2D eigenvalue weighted by Crippen LogP contribution is 2.34. The van der Waals surface area contributed by atoms with Crippen molar-refractivity contribution in [3.63, 3.8) is 0 Å². The van der Waals surface area contributed by atoms with E-state index in [1.165, 1.54) is 0 Å². The smallest absolute Gasteiger partial charge is 0.416 e. The van der Waals surface area contributed by atoms with Crippen LogP contribution in [-0.2, 0) is 22.3 Å². The lowest BCUT2D eigenvalue weighted by atomic mass is 10.2. The predicted molar refractivity (Wildman–Crippen MR) is 154 cm³/mol. The van der Waals surface area contributed by atoms with Gasteiger partial charge in [0, 0.05) is 15.2 Å². The third-order valence-corrected chi connectivity index (χ3v) is 7.35. The van der Waals surface area contributed by atoms with Crippen molar-refractivity contribution in [3.05, 3.63) is 92.6 Å². The summed E-state index contributed by atoms with van der Waals surface area (Å²) in [6.45, 7) is -0.244. The summed E-state index contributed by atoms with van der Waals surface area (Å²) in [5.41, 5.74) is -0.445. The van der Waals surface area contributed by atoms with E-state index in [2.05, 4.69) is 36.8 Å². The number of halogens is 6. The van der Waals surface area contributed by atoms with Crippen LogP contribution in [0.1, 0.15) is 11.4 Å². The molecule has 4 rings (SSSR count). The van der Waals surface area contributed by atoms with E-state index < -0.39 is 23.6 Å². The van der Waals surface area contributed by atoms with Crippen LogP contribution in [0.3, 0.4) is 0 Å². The first-order chi connectivity index (χ1) is 19.5. The number of hydrogen-bond acceptors (Lipinski definition) is 6. The molecule has 0 saturated carbocycles. The summed E-state index contributed by atoms with van der Waals surface area (Å²) in [6.07, 6.45) is -4.59. The molecule has 41 heavy (non-hydrogen) atoms. The zero-order valence-electron chi connectivity index (χ0n) is 20.7. The van der Waals surface area contributed by atoms with Crippen LogP contribution in [0, 0.1) is 0 Å². The van der Waals surface area contributed by atoms with Crippen LogP contribution in [0.2, 0.25) is 10.0 Å². The molecule has 2 amide bonds. The molecule has 0 aliphatic heterocycles. The van der Waals surface area contributed by atoms with Crippen molar-refractivity contribution >= 4 is 68.4 Å². The lowest BCUT2D eigenvalue weighted by Crippen LogP contribution is -2.29. The lowest BCUT2D eigenvalue weighted by Gasteiger charge is -2.13. The predicted octanol–water partition coefficient (Wildman–Crippen LogP) is 6.78. The molecule has 214 valence electrons. The number of carbonyl (C=O) groups excluding carboxylic acids is 2. The zero-order chi connectivity index (χ0) is 29.6. The molecule has 0 atom stereocenters. The van der Waals surface area contributed by atoms with Gasteiger partial charge in [0.2, 0.25) is 5.91 Å². The summed E-state index contributed by atoms with van der Waals surface area (Å²) < 4.78 is 47.1. The molecule has 2 N–H and O–H groups in total. The number of nitrogens with one attached hydrogen (secondary N) is 2. The number of thioether (sulfide) groups is 1. The monoisotopic (exact) mass is 687 g/mol. The maximum atomic E-state index is 13.1. The SMILES string of the molecule is O=C(COc1ccc(Cl)cc1)NCc1nnc(SCC(=O)Nc2cc(C(F)(F)F)ccc2Cl)n1-c1ccc(Br)cc1. The average molecular weight is 689 g/mol. The van der Waals surface area contributed by atoms with Gasteiger partial charge in [0.05, 0.1) is 28.6 Å². The highest BCUT2D eigenvalue weighted by Gasteiger charge is 2.31. The Labute approximate surface area is 254 Å². The van der Waals surface area contributed by atoms with E-state index in [9.17, 15) is 22.8 Å². The van der Waals surface area contributed by atoms with Crippen LogP contribution >= 0.6 is 50.9 Å². The number of nitrogens with zero attached hydrogens (tertiary/aromatic N) is 3. The van der Waals surface area contributed by atoms with Crippen molar-refractivity contribution in [2.45, 2.75) is 17.9 Å². The summed E-state index contributed by atoms with van der Waals surface area (Å²) in [4.78, 5) is 25.0. The molecular weight excluding hydrogens is 670 g/mol. The molecule has 0 spiro atoms. The largest absolute Gasteiger partial charge is 0.484 e. The molecule has 3 aromatic carbocycles. The minimum absolute atomic E-state index is 0.00151. The van der Waals surface area contributed by atoms with Crippen LogP contribution in [0.25, 0.3) is 5.69 Å². The van der Waals surface area contributed by atoms with E-state index in [0.29, 0.717) is 27.4 Å². The van der Waals surface area contributed by atoms with E-state index >= 15 is 0 Å². The topological polar surface area (TPSA) is 98.1 Å². The Morgan fingerprint density at radius 1 is 0.976 bits per heavy atom. The number of anilines is 1. The molecule has 0 aliphatic rings. The first kappa shape index (κ1) is 30.7. The number of benzene rings is 3. The Morgan fingerprint density at radius 3 is 2.37 bits per heavy atom. The zero-order valence-corrected chi connectivity index (χ0v) is 24.6. The molecular formula is C26H19BrCl2F3N5O3S. The summed E-state index contributed by atoms with van der Waals surface area (Å²) in [5, 5.41) is 14.3. The van der Waals surface area contributed by atoms with Gasteiger partial charge in [-0.05, 0) is 66.7 Å². The summed E-state index contributed by atoms with van der Waals surface area (Å²) >= 11 is 16.2. The van der Waals surface area contributed by atoms with Gasteiger partial charge < -0.3 is 15.4 Å². The van der Waals surface area contributed by atoms with Gasteiger partial charge in [0.15, 0.2) is 17.6 Å². The number of rotatable bonds is 10. The van der Waals surface area contributed by atoms with Crippen molar-refractivity contribution in [1.29, 1.82) is 0 Å². The van der Waals surface area contributed by atoms with Crippen LogP contribution < -0.4 is 15.4 Å². The molecule has 0 unspecified atom stereocenters. The maximum absolute atomic E-state index is 13.1. The molecule has 0 bridgehead atoms. The van der Waals surface area contributed by atoms with Crippen LogP contribution in [0.4, 0.5) is 18.9 Å². The second kappa shape index (κ2) is 13.6. The van der Waals surface area contributed by atoms with E-state index in [1.807, 2.05) is 0 Å². The van der Waals surface area contributed by atoms with Gasteiger partial charge in [0.1, 0.15) is 5.75 Å². The van der Waals surface area contributed by atoms with Crippen molar-refractivity contribution in [2.75, 3.05) is 17.7 Å². The maximum Gasteiger partial charge on any atom is 0.416 e. The fourth-order valence-corrected chi connectivity index (χ4v) is 4.71. The van der Waals surface area contributed by atoms with Crippen LogP contribution in [-0.4, -0.2) is 38.9 Å². The van der Waals surface area contributed by atoms with E-state index in [4.69, 9.17) is 27.9 Å². The molecule has 1 heterocycles. The normalized spacial score (nSPS) is 11.3. The highest BCUT2D eigenvalue weighted by molar-refractivity contribution is 9.10. The molecule has 0 fully saturated rings. The van der Waals surface area contributed by atoms with Crippen molar-refractivity contribution in [3.8, 4) is 11.4 Å². The molecule has 0 aliphatic carbocycles. The van der Waals surface area contributed by atoms with Gasteiger partial charge in [-0.1, -0.05) is 50.9 Å². The van der Waals surface area contributed by atoms with Gasteiger partial charge in [-0.3, -0.25) is 14.2 Å². The number of alkyl halides is 3. The Morgan fingerprint density at radius 2 is 1.68 bits per heavy atom. The van der Waals surface area contributed by atoms with Crippen molar-refractivity contribution in [2.24, 2.45) is 0 Å². The molecule has 8 nitrogen and oxygen atoms in total. The molecule has 0 saturated heterocycles. The minimum Gasteiger partial charge on any atom is -0.484 e. The van der Waals surface area contributed by atoms with E-state index in [1.54, 1.807) is 53.1 Å². The summed E-state index contributed by atoms with van der Waals surface area (Å²) in [5.74, 6) is -0.364. The Hall–Kier alpha value is -3.26.